The van der Waals surface area contributed by atoms with E-state index in [-0.39, 0.29) is 31.7 Å². The average molecular weight is 574 g/mol. The van der Waals surface area contributed by atoms with Crippen molar-refractivity contribution in [3.8, 4) is 5.75 Å². The molecule has 37 heavy (non-hydrogen) atoms. The fraction of sp³-hybridized carbons (Fsp3) is 0.259. The van der Waals surface area contributed by atoms with Crippen LogP contribution in [0.15, 0.2) is 76.2 Å². The average Bonchev–Trinajstić information content (AvgIpc) is 3.33. The van der Waals surface area contributed by atoms with Gasteiger partial charge in [0.1, 0.15) is 24.0 Å². The lowest BCUT2D eigenvalue weighted by Crippen LogP contribution is -2.52. The number of carbonyl (C=O) groups excluding carboxylic acids is 1. The topological polar surface area (TPSA) is 92.2 Å². The van der Waals surface area contributed by atoms with Crippen LogP contribution in [0.25, 0.3) is 0 Å². The number of aliphatic hydroxyl groups is 1. The third-order valence-electron chi connectivity index (χ3n) is 5.76. The van der Waals surface area contributed by atoms with Gasteiger partial charge in [-0.15, -0.1) is 0 Å². The number of hydrogen-bond acceptors (Lipinski definition) is 6. The van der Waals surface area contributed by atoms with E-state index in [4.69, 9.17) is 19.6 Å². The summed E-state index contributed by atoms with van der Waals surface area (Å²) in [7, 11) is 0. The highest BCUT2D eigenvalue weighted by molar-refractivity contribution is 9.10. The lowest BCUT2D eigenvalue weighted by Gasteiger charge is -2.23. The van der Waals surface area contributed by atoms with Crippen molar-refractivity contribution >= 4 is 27.7 Å². The zero-order valence-corrected chi connectivity index (χ0v) is 21.4. The van der Waals surface area contributed by atoms with E-state index >= 15 is 0 Å². The highest BCUT2D eigenvalue weighted by Gasteiger charge is 2.44. The van der Waals surface area contributed by atoms with E-state index in [1.807, 2.05) is 24.3 Å². The third-order valence-corrected chi connectivity index (χ3v) is 6.29. The number of nitrogens with one attached hydrogen (secondary N) is 2. The summed E-state index contributed by atoms with van der Waals surface area (Å²) in [6, 6.07) is 17.8. The van der Waals surface area contributed by atoms with Gasteiger partial charge in [-0.3, -0.25) is 10.2 Å². The Labute approximate surface area is 221 Å². The van der Waals surface area contributed by atoms with Crippen molar-refractivity contribution in [3.05, 3.63) is 99.5 Å². The molecule has 0 unspecified atom stereocenters. The first-order valence-corrected chi connectivity index (χ1v) is 12.5. The van der Waals surface area contributed by atoms with Gasteiger partial charge in [0.2, 0.25) is 5.90 Å². The fourth-order valence-electron chi connectivity index (χ4n) is 3.78. The molecule has 1 amide bonds. The van der Waals surface area contributed by atoms with Gasteiger partial charge in [0.25, 0.3) is 5.91 Å². The minimum atomic E-state index is -1.28. The first kappa shape index (κ1) is 26.7. The fourth-order valence-corrected chi connectivity index (χ4v) is 4.05. The number of aliphatic imine (C=N–C) groups is 1. The molecule has 1 aliphatic rings. The smallest absolute Gasteiger partial charge is 0.266 e. The van der Waals surface area contributed by atoms with Crippen molar-refractivity contribution in [2.24, 2.45) is 4.99 Å². The van der Waals surface area contributed by atoms with Crippen molar-refractivity contribution in [2.75, 3.05) is 19.8 Å². The van der Waals surface area contributed by atoms with Crippen LogP contribution in [-0.4, -0.2) is 42.3 Å². The quantitative estimate of drug-likeness (QED) is 0.237. The monoisotopic (exact) mass is 573 g/mol. The molecule has 194 valence electrons. The number of aliphatic hydroxyl groups excluding tert-OH is 1. The predicted molar refractivity (Wildman–Crippen MR) is 138 cm³/mol. The molecule has 0 radical (unpaired) electrons. The number of hydrogen-bond donors (Lipinski definition) is 3. The van der Waals surface area contributed by atoms with Gasteiger partial charge < -0.3 is 14.6 Å². The molecular formula is C27H26BrF2N3O4. The molecule has 1 aliphatic heterocycles. The summed E-state index contributed by atoms with van der Waals surface area (Å²) in [5, 5.41) is 8.90. The molecular weight excluding hydrogens is 548 g/mol. The normalized spacial score (nSPS) is 16.7. The molecule has 0 saturated carbocycles. The minimum Gasteiger partial charge on any atom is -0.494 e. The lowest BCUT2D eigenvalue weighted by atomic mass is 9.91. The van der Waals surface area contributed by atoms with Gasteiger partial charge in [0.15, 0.2) is 5.54 Å². The standard InChI is InChI=1S/C27H26BrF2N3O4/c28-21-6-2-18(3-7-21)15-27(26(35)33-31-16-20-14-22(29)8-11-24(20)30)17-37-25(32-27)19-4-9-23(10-5-19)36-13-1-12-34/h2-11,14,31,34H,1,12-13,15-17H2,(H,33,35)/t27-/m0/s1. The largest absolute Gasteiger partial charge is 0.494 e. The third kappa shape index (κ3) is 6.91. The summed E-state index contributed by atoms with van der Waals surface area (Å²) in [5.41, 5.74) is 5.61. The Bertz CT molecular complexity index is 1260. The first-order chi connectivity index (χ1) is 17.9. The number of nitrogens with zero attached hydrogens (tertiary/aromatic N) is 1. The van der Waals surface area contributed by atoms with E-state index in [0.29, 0.717) is 30.2 Å². The Morgan fingerprint density at radius 1 is 1.11 bits per heavy atom. The van der Waals surface area contributed by atoms with Crippen LogP contribution in [0.3, 0.4) is 0 Å². The van der Waals surface area contributed by atoms with E-state index in [2.05, 4.69) is 26.8 Å². The summed E-state index contributed by atoms with van der Waals surface area (Å²) in [6.45, 7) is 0.335. The molecule has 0 bridgehead atoms. The number of hydrazine groups is 1. The molecule has 0 aromatic heterocycles. The van der Waals surface area contributed by atoms with Crippen molar-refractivity contribution < 1.29 is 28.2 Å². The Kier molecular flexibility index (Phi) is 8.86. The SMILES string of the molecule is O=C(NNCc1cc(F)ccc1F)[C@]1(Cc2ccc(Br)cc2)COC(c2ccc(OCCCO)cc2)=N1. The Hall–Kier alpha value is -3.34. The summed E-state index contributed by atoms with van der Waals surface area (Å²) in [6.07, 6.45) is 0.791. The molecule has 0 fully saturated rings. The number of ether oxygens (including phenoxy) is 2. The second kappa shape index (κ2) is 12.3. The highest BCUT2D eigenvalue weighted by atomic mass is 79.9. The first-order valence-electron chi connectivity index (χ1n) is 11.7. The molecule has 1 atom stereocenters. The molecule has 0 saturated heterocycles. The van der Waals surface area contributed by atoms with Gasteiger partial charge in [-0.05, 0) is 60.2 Å². The van der Waals surface area contributed by atoms with Gasteiger partial charge in [-0.25, -0.2) is 19.2 Å². The number of halogens is 3. The molecule has 1 heterocycles. The lowest BCUT2D eigenvalue weighted by molar-refractivity contribution is -0.127. The maximum atomic E-state index is 14.0. The molecule has 4 rings (SSSR count). The summed E-state index contributed by atoms with van der Waals surface area (Å²) < 4.78 is 39.8. The van der Waals surface area contributed by atoms with Crippen LogP contribution in [0.2, 0.25) is 0 Å². The molecule has 3 N–H and O–H groups in total. The highest BCUT2D eigenvalue weighted by Crippen LogP contribution is 2.28. The zero-order valence-electron chi connectivity index (χ0n) is 19.8. The molecule has 10 heteroatoms. The van der Waals surface area contributed by atoms with E-state index in [1.54, 1.807) is 24.3 Å². The molecule has 3 aromatic carbocycles. The number of rotatable bonds is 11. The molecule has 3 aromatic rings. The van der Waals surface area contributed by atoms with Crippen molar-refractivity contribution in [1.29, 1.82) is 0 Å². The van der Waals surface area contributed by atoms with E-state index < -0.39 is 23.1 Å². The van der Waals surface area contributed by atoms with Gasteiger partial charge in [-0.1, -0.05) is 28.1 Å². The van der Waals surface area contributed by atoms with Crippen LogP contribution < -0.4 is 15.6 Å². The molecule has 7 nitrogen and oxygen atoms in total. The summed E-state index contributed by atoms with van der Waals surface area (Å²) >= 11 is 3.41. The van der Waals surface area contributed by atoms with Gasteiger partial charge >= 0.3 is 0 Å². The second-order valence-corrected chi connectivity index (χ2v) is 9.45. The number of benzene rings is 3. The Morgan fingerprint density at radius 2 is 1.86 bits per heavy atom. The van der Waals surface area contributed by atoms with Crippen LogP contribution >= 0.6 is 15.9 Å². The van der Waals surface area contributed by atoms with Crippen molar-refractivity contribution in [3.63, 3.8) is 0 Å². The second-order valence-electron chi connectivity index (χ2n) is 8.53. The minimum absolute atomic E-state index is 0.00497. The van der Waals surface area contributed by atoms with Crippen LogP contribution in [0.4, 0.5) is 8.78 Å². The van der Waals surface area contributed by atoms with E-state index in [9.17, 15) is 13.6 Å². The summed E-state index contributed by atoms with van der Waals surface area (Å²) in [5.74, 6) is -0.666. The van der Waals surface area contributed by atoms with Gasteiger partial charge in [0.05, 0.1) is 6.61 Å². The predicted octanol–water partition coefficient (Wildman–Crippen LogP) is 4.07. The van der Waals surface area contributed by atoms with Crippen molar-refractivity contribution in [2.45, 2.75) is 24.9 Å². The molecule has 0 spiro atoms. The maximum absolute atomic E-state index is 14.0. The van der Waals surface area contributed by atoms with Crippen molar-refractivity contribution in [1.82, 2.24) is 10.9 Å². The molecule has 0 aliphatic carbocycles. The summed E-state index contributed by atoms with van der Waals surface area (Å²) in [4.78, 5) is 18.1. The van der Waals surface area contributed by atoms with Gasteiger partial charge in [-0.2, -0.15) is 0 Å². The van der Waals surface area contributed by atoms with Crippen LogP contribution in [0.1, 0.15) is 23.1 Å². The van der Waals surface area contributed by atoms with Gasteiger partial charge in [0, 0.05) is 41.6 Å². The Morgan fingerprint density at radius 3 is 2.59 bits per heavy atom. The van der Waals surface area contributed by atoms with Crippen LogP contribution in [0.5, 0.6) is 5.75 Å². The van der Waals surface area contributed by atoms with E-state index in [1.165, 1.54) is 0 Å². The zero-order chi connectivity index (χ0) is 26.3. The number of carbonyl (C=O) groups is 1. The van der Waals surface area contributed by atoms with Crippen LogP contribution in [-0.2, 0) is 22.5 Å². The van der Waals surface area contributed by atoms with Crippen LogP contribution in [0, 0.1) is 11.6 Å². The number of amides is 1. The Balaban J connectivity index is 1.52. The maximum Gasteiger partial charge on any atom is 0.266 e. The van der Waals surface area contributed by atoms with E-state index in [0.717, 1.165) is 28.2 Å².